The first-order valence-electron chi connectivity index (χ1n) is 10.9. The lowest BCUT2D eigenvalue weighted by molar-refractivity contribution is -0.130. The zero-order chi connectivity index (χ0) is 23.5. The Kier molecular flexibility index (Phi) is 10.3. The molecule has 2 N–H and O–H groups in total. The van der Waals surface area contributed by atoms with Crippen LogP contribution in [-0.4, -0.2) is 35.7 Å². The molecule has 2 aromatic carbocycles. The minimum atomic E-state index is -0.951. The normalized spacial score (nSPS) is 12.7. The van der Waals surface area contributed by atoms with Crippen molar-refractivity contribution in [3.8, 4) is 0 Å². The zero-order valence-corrected chi connectivity index (χ0v) is 19.9. The summed E-state index contributed by atoms with van der Waals surface area (Å²) < 4.78 is 5.46. The van der Waals surface area contributed by atoms with Crippen molar-refractivity contribution < 1.29 is 19.1 Å². The van der Waals surface area contributed by atoms with E-state index in [4.69, 9.17) is 4.74 Å². The van der Waals surface area contributed by atoms with Crippen LogP contribution in [0.1, 0.15) is 62.5 Å². The molecule has 2 amide bonds. The Balaban J connectivity index is 2.00. The summed E-state index contributed by atoms with van der Waals surface area (Å²) in [5.41, 5.74) is 1.35. The van der Waals surface area contributed by atoms with Gasteiger partial charge >= 0.3 is 5.97 Å². The molecule has 0 radical (unpaired) electrons. The van der Waals surface area contributed by atoms with Crippen LogP contribution < -0.4 is 10.6 Å². The Labute approximate surface area is 194 Å². The average molecular weight is 457 g/mol. The van der Waals surface area contributed by atoms with Crippen molar-refractivity contribution in [3.63, 3.8) is 0 Å². The van der Waals surface area contributed by atoms with E-state index in [0.29, 0.717) is 10.5 Å². The predicted octanol–water partition coefficient (Wildman–Crippen LogP) is 4.51. The van der Waals surface area contributed by atoms with Gasteiger partial charge in [-0.1, -0.05) is 55.8 Å². The third-order valence-corrected chi connectivity index (χ3v) is 5.74. The van der Waals surface area contributed by atoms with E-state index in [2.05, 4.69) is 17.6 Å². The number of carbonyl (C=O) groups excluding carboxylic acids is 3. The first-order valence-corrected chi connectivity index (χ1v) is 11.9. The maximum absolute atomic E-state index is 12.8. The lowest BCUT2D eigenvalue weighted by Gasteiger charge is -2.21. The molecule has 0 saturated heterocycles. The molecule has 6 nitrogen and oxygen atoms in total. The van der Waals surface area contributed by atoms with Crippen LogP contribution in [0, 0.1) is 0 Å². The van der Waals surface area contributed by atoms with E-state index < -0.39 is 12.1 Å². The molecule has 0 aliphatic rings. The molecule has 172 valence electrons. The maximum atomic E-state index is 12.8. The van der Waals surface area contributed by atoms with E-state index in [1.54, 1.807) is 31.2 Å². The number of carbonyl (C=O) groups is 3. The third kappa shape index (κ3) is 8.04. The van der Waals surface area contributed by atoms with Crippen molar-refractivity contribution in [3.05, 3.63) is 65.7 Å². The smallest absolute Gasteiger partial charge is 0.340 e. The van der Waals surface area contributed by atoms with E-state index in [-0.39, 0.29) is 29.7 Å². The first-order chi connectivity index (χ1) is 15.3. The second-order valence-electron chi connectivity index (χ2n) is 7.82. The van der Waals surface area contributed by atoms with Gasteiger partial charge < -0.3 is 15.4 Å². The van der Waals surface area contributed by atoms with Crippen molar-refractivity contribution in [1.82, 2.24) is 10.6 Å². The minimum Gasteiger partial charge on any atom is -0.449 e. The number of nitrogens with one attached hydrogen (secondary N) is 2. The van der Waals surface area contributed by atoms with Crippen LogP contribution in [-0.2, 0) is 14.3 Å². The van der Waals surface area contributed by atoms with Gasteiger partial charge in [0.25, 0.3) is 5.91 Å². The van der Waals surface area contributed by atoms with E-state index in [9.17, 15) is 14.4 Å². The van der Waals surface area contributed by atoms with Crippen molar-refractivity contribution in [2.24, 2.45) is 0 Å². The van der Waals surface area contributed by atoms with Crippen molar-refractivity contribution in [2.45, 2.75) is 63.6 Å². The number of benzene rings is 2. The first kappa shape index (κ1) is 25.5. The molecule has 2 rings (SSSR count). The summed E-state index contributed by atoms with van der Waals surface area (Å²) in [6.45, 7) is 7.40. The molecule has 0 aromatic heterocycles. The summed E-state index contributed by atoms with van der Waals surface area (Å²) in [5.74, 6) is -0.855. The highest BCUT2D eigenvalue weighted by molar-refractivity contribution is 8.00. The standard InChI is InChI=1S/C25H32N2O4S/c1-5-11-21(19-12-7-6-8-13-19)27-24(29)18(4)31-25(30)20-14-9-10-15-22(20)32-16-23(28)26-17(2)3/h6-10,12-15,17-18,21H,5,11,16H2,1-4H3,(H,26,28)(H,27,29). The summed E-state index contributed by atoms with van der Waals surface area (Å²) in [6, 6.07) is 16.6. The number of amides is 2. The van der Waals surface area contributed by atoms with Gasteiger partial charge in [0.1, 0.15) is 0 Å². The Morgan fingerprint density at radius 2 is 1.59 bits per heavy atom. The fraction of sp³-hybridized carbons (Fsp3) is 0.400. The van der Waals surface area contributed by atoms with Crippen LogP contribution in [0.2, 0.25) is 0 Å². The molecule has 0 heterocycles. The van der Waals surface area contributed by atoms with E-state index >= 15 is 0 Å². The Morgan fingerprint density at radius 3 is 2.25 bits per heavy atom. The monoisotopic (exact) mass is 456 g/mol. The molecule has 0 spiro atoms. The minimum absolute atomic E-state index is 0.0510. The van der Waals surface area contributed by atoms with E-state index in [0.717, 1.165) is 18.4 Å². The number of hydrogen-bond acceptors (Lipinski definition) is 5. The highest BCUT2D eigenvalue weighted by Crippen LogP contribution is 2.24. The Morgan fingerprint density at radius 1 is 0.938 bits per heavy atom. The van der Waals surface area contributed by atoms with Gasteiger partial charge in [-0.2, -0.15) is 0 Å². The second kappa shape index (κ2) is 12.9. The molecular formula is C25H32N2O4S. The SMILES string of the molecule is CCCC(NC(=O)C(C)OC(=O)c1ccccc1SCC(=O)NC(C)C)c1ccccc1. The van der Waals surface area contributed by atoms with Crippen LogP contribution in [0.3, 0.4) is 0 Å². The molecule has 7 heteroatoms. The molecule has 32 heavy (non-hydrogen) atoms. The number of esters is 1. The summed E-state index contributed by atoms with van der Waals surface area (Å²) in [5, 5.41) is 5.81. The van der Waals surface area contributed by atoms with Gasteiger partial charge in [-0.25, -0.2) is 4.79 Å². The second-order valence-corrected chi connectivity index (χ2v) is 8.83. The molecule has 0 aliphatic carbocycles. The van der Waals surface area contributed by atoms with Crippen molar-refractivity contribution >= 4 is 29.5 Å². The summed E-state index contributed by atoms with van der Waals surface area (Å²) in [4.78, 5) is 38.1. The molecule has 2 unspecified atom stereocenters. The molecule has 0 aliphatic heterocycles. The lowest BCUT2D eigenvalue weighted by atomic mass is 10.0. The topological polar surface area (TPSA) is 84.5 Å². The van der Waals surface area contributed by atoms with Gasteiger partial charge in [0.2, 0.25) is 5.91 Å². The predicted molar refractivity (Wildman–Crippen MR) is 128 cm³/mol. The van der Waals surface area contributed by atoms with Crippen molar-refractivity contribution in [1.29, 1.82) is 0 Å². The fourth-order valence-corrected chi connectivity index (χ4v) is 3.98. The van der Waals surface area contributed by atoms with Crippen LogP contribution in [0.15, 0.2) is 59.5 Å². The zero-order valence-electron chi connectivity index (χ0n) is 19.1. The van der Waals surface area contributed by atoms with Crippen LogP contribution in [0.5, 0.6) is 0 Å². The van der Waals surface area contributed by atoms with Gasteiger partial charge in [0.15, 0.2) is 6.10 Å². The Bertz CT molecular complexity index is 902. The van der Waals surface area contributed by atoms with E-state index in [1.165, 1.54) is 11.8 Å². The van der Waals surface area contributed by atoms with Crippen LogP contribution >= 0.6 is 11.8 Å². The molecule has 2 aromatic rings. The van der Waals surface area contributed by atoms with Gasteiger partial charge in [0.05, 0.1) is 17.4 Å². The molecule has 0 fully saturated rings. The molecular weight excluding hydrogens is 424 g/mol. The maximum Gasteiger partial charge on any atom is 0.340 e. The van der Waals surface area contributed by atoms with Gasteiger partial charge in [-0.15, -0.1) is 11.8 Å². The molecule has 2 atom stereocenters. The van der Waals surface area contributed by atoms with Crippen molar-refractivity contribution in [2.75, 3.05) is 5.75 Å². The van der Waals surface area contributed by atoms with Crippen LogP contribution in [0.4, 0.5) is 0 Å². The summed E-state index contributed by atoms with van der Waals surface area (Å²) in [6.07, 6.45) is 0.741. The number of ether oxygens (including phenoxy) is 1. The number of rotatable bonds is 11. The Hall–Kier alpha value is -2.80. The van der Waals surface area contributed by atoms with Gasteiger partial charge in [-0.3, -0.25) is 9.59 Å². The largest absolute Gasteiger partial charge is 0.449 e. The van der Waals surface area contributed by atoms with Crippen LogP contribution in [0.25, 0.3) is 0 Å². The van der Waals surface area contributed by atoms with Gasteiger partial charge in [-0.05, 0) is 44.9 Å². The van der Waals surface area contributed by atoms with E-state index in [1.807, 2.05) is 44.2 Å². The number of hydrogen-bond donors (Lipinski definition) is 2. The summed E-state index contributed by atoms with van der Waals surface area (Å²) in [7, 11) is 0. The number of thioether (sulfide) groups is 1. The van der Waals surface area contributed by atoms with Gasteiger partial charge in [0, 0.05) is 10.9 Å². The summed E-state index contributed by atoms with van der Waals surface area (Å²) >= 11 is 1.26. The highest BCUT2D eigenvalue weighted by Gasteiger charge is 2.23. The highest BCUT2D eigenvalue weighted by atomic mass is 32.2. The average Bonchev–Trinajstić information content (AvgIpc) is 2.77. The lowest BCUT2D eigenvalue weighted by Crippen LogP contribution is -2.38. The quantitative estimate of drug-likeness (QED) is 0.384. The molecule has 0 saturated carbocycles. The third-order valence-electron chi connectivity index (χ3n) is 4.66. The molecule has 0 bridgehead atoms. The fourth-order valence-electron chi connectivity index (χ4n) is 3.13.